The minimum atomic E-state index is -3.50. The summed E-state index contributed by atoms with van der Waals surface area (Å²) in [6.07, 6.45) is 0.941. The maximum atomic E-state index is 12.4. The SMILES string of the molecule is CCCn1c(SCC(=O)Nc2ccc(S(=O)(=O)N(C)C)cc2)nc2cc(Cl)ccc21. The van der Waals surface area contributed by atoms with Gasteiger partial charge in [-0.1, -0.05) is 30.3 Å². The number of aryl methyl sites for hydroxylation is 1. The molecule has 30 heavy (non-hydrogen) atoms. The molecule has 0 saturated carbocycles. The molecule has 10 heteroatoms. The van der Waals surface area contributed by atoms with Crippen LogP contribution in [0, 0.1) is 0 Å². The summed E-state index contributed by atoms with van der Waals surface area (Å²) < 4.78 is 27.5. The first-order valence-corrected chi connectivity index (χ1v) is 12.1. The predicted octanol–water partition coefficient (Wildman–Crippen LogP) is 4.08. The van der Waals surface area contributed by atoms with Crippen LogP contribution in [-0.4, -0.2) is 48.0 Å². The fourth-order valence-electron chi connectivity index (χ4n) is 2.88. The Morgan fingerprint density at radius 1 is 1.20 bits per heavy atom. The monoisotopic (exact) mass is 466 g/mol. The molecule has 0 radical (unpaired) electrons. The van der Waals surface area contributed by atoms with Crippen molar-refractivity contribution in [3.05, 3.63) is 47.5 Å². The number of fused-ring (bicyclic) bond motifs is 1. The molecule has 0 aliphatic rings. The molecule has 1 N–H and O–H groups in total. The summed E-state index contributed by atoms with van der Waals surface area (Å²) in [6.45, 7) is 2.88. The van der Waals surface area contributed by atoms with Crippen LogP contribution in [-0.2, 0) is 21.4 Å². The summed E-state index contributed by atoms with van der Waals surface area (Å²) in [4.78, 5) is 17.2. The second kappa shape index (κ2) is 9.38. The maximum Gasteiger partial charge on any atom is 0.242 e. The molecular formula is C20H23ClN4O3S2. The van der Waals surface area contributed by atoms with Gasteiger partial charge in [0.15, 0.2) is 5.16 Å². The van der Waals surface area contributed by atoms with Gasteiger partial charge in [-0.15, -0.1) is 0 Å². The summed E-state index contributed by atoms with van der Waals surface area (Å²) in [7, 11) is -0.550. The standard InChI is InChI=1S/C20H23ClN4O3S2/c1-4-11-25-18-10-5-14(21)12-17(18)23-20(25)29-13-19(26)22-15-6-8-16(9-7-15)30(27,28)24(2)3/h5-10,12H,4,11,13H2,1-3H3,(H,22,26). The summed E-state index contributed by atoms with van der Waals surface area (Å²) >= 11 is 7.42. The van der Waals surface area contributed by atoms with Gasteiger partial charge in [0.2, 0.25) is 15.9 Å². The molecule has 0 aliphatic heterocycles. The van der Waals surface area contributed by atoms with E-state index < -0.39 is 10.0 Å². The number of carbonyl (C=O) groups is 1. The van der Waals surface area contributed by atoms with Crippen molar-refractivity contribution < 1.29 is 13.2 Å². The number of nitrogens with one attached hydrogen (secondary N) is 1. The molecule has 0 saturated heterocycles. The number of thioether (sulfide) groups is 1. The van der Waals surface area contributed by atoms with Crippen LogP contribution in [0.5, 0.6) is 0 Å². The number of anilines is 1. The van der Waals surface area contributed by atoms with Crippen LogP contribution in [0.25, 0.3) is 11.0 Å². The van der Waals surface area contributed by atoms with E-state index in [0.29, 0.717) is 10.7 Å². The summed E-state index contributed by atoms with van der Waals surface area (Å²) in [5.41, 5.74) is 2.32. The topological polar surface area (TPSA) is 84.3 Å². The van der Waals surface area contributed by atoms with Crippen LogP contribution < -0.4 is 5.32 Å². The van der Waals surface area contributed by atoms with Crippen LogP contribution in [0.4, 0.5) is 5.69 Å². The molecule has 0 bridgehead atoms. The molecule has 1 heterocycles. The smallest absolute Gasteiger partial charge is 0.242 e. The number of imidazole rings is 1. The molecule has 0 spiro atoms. The Hall–Kier alpha value is -2.07. The largest absolute Gasteiger partial charge is 0.325 e. The van der Waals surface area contributed by atoms with Crippen LogP contribution in [0.15, 0.2) is 52.5 Å². The van der Waals surface area contributed by atoms with Gasteiger partial charge in [-0.2, -0.15) is 0 Å². The molecule has 0 atom stereocenters. The highest BCUT2D eigenvalue weighted by atomic mass is 35.5. The lowest BCUT2D eigenvalue weighted by atomic mass is 10.3. The second-order valence-electron chi connectivity index (χ2n) is 6.83. The van der Waals surface area contributed by atoms with Gasteiger partial charge in [0.05, 0.1) is 21.7 Å². The lowest BCUT2D eigenvalue weighted by Crippen LogP contribution is -2.22. The second-order valence-corrected chi connectivity index (χ2v) is 10.4. The van der Waals surface area contributed by atoms with Gasteiger partial charge in [0.1, 0.15) is 0 Å². The van der Waals surface area contributed by atoms with Crippen LogP contribution in [0.3, 0.4) is 0 Å². The zero-order valence-corrected chi connectivity index (χ0v) is 19.3. The number of carbonyl (C=O) groups excluding carboxylic acids is 1. The number of aromatic nitrogens is 2. The van der Waals surface area contributed by atoms with E-state index in [-0.39, 0.29) is 16.6 Å². The van der Waals surface area contributed by atoms with Crippen molar-refractivity contribution in [2.45, 2.75) is 29.9 Å². The van der Waals surface area contributed by atoms with Gasteiger partial charge in [0, 0.05) is 31.4 Å². The van der Waals surface area contributed by atoms with Crippen molar-refractivity contribution in [2.24, 2.45) is 0 Å². The molecule has 1 amide bonds. The normalized spacial score (nSPS) is 11.9. The number of amides is 1. The number of nitrogens with zero attached hydrogens (tertiary/aromatic N) is 3. The quantitative estimate of drug-likeness (QED) is 0.505. The van der Waals surface area contributed by atoms with Gasteiger partial charge >= 0.3 is 0 Å². The number of rotatable bonds is 8. The van der Waals surface area contributed by atoms with Crippen molar-refractivity contribution >= 4 is 56.0 Å². The Kier molecular flexibility index (Phi) is 7.07. The molecule has 0 unspecified atom stereocenters. The van der Waals surface area contributed by atoms with E-state index >= 15 is 0 Å². The third kappa shape index (κ3) is 4.97. The highest BCUT2D eigenvalue weighted by Gasteiger charge is 2.17. The third-order valence-electron chi connectivity index (χ3n) is 4.37. The van der Waals surface area contributed by atoms with Crippen molar-refractivity contribution in [3.63, 3.8) is 0 Å². The first-order valence-electron chi connectivity index (χ1n) is 9.33. The number of benzene rings is 2. The molecule has 1 aromatic heterocycles. The van der Waals surface area contributed by atoms with E-state index in [1.165, 1.54) is 38.0 Å². The highest BCUT2D eigenvalue weighted by Crippen LogP contribution is 2.27. The molecule has 160 valence electrons. The van der Waals surface area contributed by atoms with Crippen molar-refractivity contribution in [1.82, 2.24) is 13.9 Å². The number of hydrogen-bond donors (Lipinski definition) is 1. The van der Waals surface area contributed by atoms with Gasteiger partial charge in [-0.05, 0) is 48.9 Å². The maximum absolute atomic E-state index is 12.4. The Balaban J connectivity index is 1.68. The molecule has 0 aliphatic carbocycles. The molecule has 0 fully saturated rings. The van der Waals surface area contributed by atoms with E-state index in [0.717, 1.165) is 33.5 Å². The third-order valence-corrected chi connectivity index (χ3v) is 7.41. The summed E-state index contributed by atoms with van der Waals surface area (Å²) in [5, 5.41) is 4.17. The average molecular weight is 467 g/mol. The lowest BCUT2D eigenvalue weighted by molar-refractivity contribution is -0.113. The average Bonchev–Trinajstić information content (AvgIpc) is 3.03. The first-order chi connectivity index (χ1) is 14.2. The van der Waals surface area contributed by atoms with Crippen molar-refractivity contribution in [1.29, 1.82) is 0 Å². The zero-order chi connectivity index (χ0) is 21.9. The fraction of sp³-hybridized carbons (Fsp3) is 0.300. The Bertz CT molecular complexity index is 1160. The van der Waals surface area contributed by atoms with Gasteiger partial charge in [-0.25, -0.2) is 17.7 Å². The lowest BCUT2D eigenvalue weighted by Gasteiger charge is -2.12. The molecule has 2 aromatic carbocycles. The van der Waals surface area contributed by atoms with Gasteiger partial charge in [-0.3, -0.25) is 4.79 Å². The Morgan fingerprint density at radius 2 is 1.90 bits per heavy atom. The highest BCUT2D eigenvalue weighted by molar-refractivity contribution is 7.99. The molecular weight excluding hydrogens is 444 g/mol. The van der Waals surface area contributed by atoms with Crippen molar-refractivity contribution in [3.8, 4) is 0 Å². The fourth-order valence-corrected chi connectivity index (χ4v) is 4.79. The van der Waals surface area contributed by atoms with E-state index in [1.807, 2.05) is 18.2 Å². The van der Waals surface area contributed by atoms with Gasteiger partial charge in [0.25, 0.3) is 0 Å². The number of halogens is 1. The number of hydrogen-bond acceptors (Lipinski definition) is 5. The summed E-state index contributed by atoms with van der Waals surface area (Å²) in [6, 6.07) is 11.7. The van der Waals surface area contributed by atoms with E-state index in [9.17, 15) is 13.2 Å². The van der Waals surface area contributed by atoms with E-state index in [4.69, 9.17) is 11.6 Å². The molecule has 3 rings (SSSR count). The summed E-state index contributed by atoms with van der Waals surface area (Å²) in [5.74, 6) is -0.0187. The van der Waals surface area contributed by atoms with Gasteiger partial charge < -0.3 is 9.88 Å². The minimum Gasteiger partial charge on any atom is -0.325 e. The zero-order valence-electron chi connectivity index (χ0n) is 16.9. The Morgan fingerprint density at radius 3 is 2.53 bits per heavy atom. The minimum absolute atomic E-state index is 0.173. The molecule has 3 aromatic rings. The van der Waals surface area contributed by atoms with Crippen LogP contribution in [0.1, 0.15) is 13.3 Å². The molecule has 7 nitrogen and oxygen atoms in total. The van der Waals surface area contributed by atoms with Crippen LogP contribution in [0.2, 0.25) is 5.02 Å². The van der Waals surface area contributed by atoms with Crippen molar-refractivity contribution in [2.75, 3.05) is 25.2 Å². The number of sulfonamides is 1. The van der Waals surface area contributed by atoms with Crippen LogP contribution >= 0.6 is 23.4 Å². The van der Waals surface area contributed by atoms with E-state index in [1.54, 1.807) is 12.1 Å². The van der Waals surface area contributed by atoms with E-state index in [2.05, 4.69) is 21.8 Å². The first kappa shape index (κ1) is 22.6. The Labute approximate surface area is 185 Å². The predicted molar refractivity (Wildman–Crippen MR) is 122 cm³/mol.